The number of carbonyl (C=O) groups is 1. The van der Waals surface area contributed by atoms with Gasteiger partial charge in [0.2, 0.25) is 0 Å². The normalized spacial score (nSPS) is 22.5. The van der Waals surface area contributed by atoms with Crippen LogP contribution >= 0.6 is 0 Å². The number of aryl methyl sites for hydroxylation is 3. The van der Waals surface area contributed by atoms with E-state index >= 15 is 0 Å². The molecule has 1 aromatic carbocycles. The maximum atomic E-state index is 13.3. The van der Waals surface area contributed by atoms with E-state index in [2.05, 4.69) is 41.1 Å². The molecule has 0 unspecified atom stereocenters. The van der Waals surface area contributed by atoms with Crippen LogP contribution in [0, 0.1) is 35.4 Å². The van der Waals surface area contributed by atoms with Gasteiger partial charge in [-0.1, -0.05) is 19.6 Å². The van der Waals surface area contributed by atoms with Crippen LogP contribution in [-0.4, -0.2) is 66.3 Å². The molecule has 18 nitrogen and oxygen atoms in total. The molecule has 3 aromatic heterocycles. The molecule has 0 aliphatic carbocycles. The molecule has 5 heterocycles. The highest BCUT2D eigenvalue weighted by molar-refractivity contribution is 6.83. The summed E-state index contributed by atoms with van der Waals surface area (Å²) >= 11 is 0. The zero-order valence-electron chi connectivity index (χ0n) is 30.6. The number of hydrogen-bond acceptors (Lipinski definition) is 11. The van der Waals surface area contributed by atoms with Gasteiger partial charge < -0.3 is 14.2 Å². The van der Waals surface area contributed by atoms with E-state index in [9.17, 15) is 34.1 Å². The second-order valence-corrected chi connectivity index (χ2v) is 19.3. The number of carbonyl (C=O) groups excluding carboxylic acids is 1. The standard InChI is InChI=1S/C35H40N8O10Si/c1-20-17-40(34(47)36-31(20)44)29-15-25(26(51-29)8-7-13-54(4,5)6)42-19-24(39(3)38-42)14-27-28(53-33(46)22-9-11-23(12-10-22)43(49)50)16-30(52-27)41-18-21(2)32(45)37-35(41)48/h9-12,17-19,25-30H,8,14-16H2,1-6H3,(H-,36,37,44,45,47,48)/p+1/t25-,26+,27+,28-,29+,30+/m0/s1. The summed E-state index contributed by atoms with van der Waals surface area (Å²) in [6, 6.07) is 4.64. The number of aromatic nitrogens is 7. The van der Waals surface area contributed by atoms with Gasteiger partial charge in [-0.3, -0.25) is 38.8 Å². The second-order valence-electron chi connectivity index (χ2n) is 14.6. The van der Waals surface area contributed by atoms with Gasteiger partial charge in [0.1, 0.15) is 45.9 Å². The Morgan fingerprint density at radius 1 is 0.981 bits per heavy atom. The van der Waals surface area contributed by atoms with Crippen molar-refractivity contribution < 1.29 is 28.6 Å². The average Bonchev–Trinajstić information content (AvgIpc) is 3.81. The van der Waals surface area contributed by atoms with Crippen molar-refractivity contribution in [2.75, 3.05) is 0 Å². The van der Waals surface area contributed by atoms with E-state index in [1.54, 1.807) is 30.3 Å². The van der Waals surface area contributed by atoms with Crippen LogP contribution in [0.15, 0.2) is 62.0 Å². The summed E-state index contributed by atoms with van der Waals surface area (Å²) in [4.78, 5) is 78.2. The Bertz CT molecular complexity index is 2400. The summed E-state index contributed by atoms with van der Waals surface area (Å²) in [5, 5.41) is 15.9. The number of nitrogens with one attached hydrogen (secondary N) is 2. The molecule has 0 saturated carbocycles. The first-order valence-electron chi connectivity index (χ1n) is 17.3. The highest BCUT2D eigenvalue weighted by atomic mass is 28.3. The maximum Gasteiger partial charge on any atom is 0.338 e. The third kappa shape index (κ3) is 8.25. The summed E-state index contributed by atoms with van der Waals surface area (Å²) in [5.74, 6) is 2.54. The van der Waals surface area contributed by atoms with E-state index in [0.717, 1.165) is 0 Å². The number of nitrogens with zero attached hydrogens (tertiary/aromatic N) is 6. The van der Waals surface area contributed by atoms with Gasteiger partial charge in [0.05, 0.1) is 15.7 Å². The molecule has 6 rings (SSSR count). The van der Waals surface area contributed by atoms with Crippen molar-refractivity contribution in [1.82, 2.24) is 29.0 Å². The highest BCUT2D eigenvalue weighted by Gasteiger charge is 2.44. The molecule has 0 amide bonds. The molecule has 284 valence electrons. The minimum absolute atomic E-state index is 0.0654. The molecule has 0 radical (unpaired) electrons. The number of hydrogen-bond donors (Lipinski definition) is 2. The van der Waals surface area contributed by atoms with E-state index in [1.165, 1.54) is 45.8 Å². The van der Waals surface area contributed by atoms with Crippen molar-refractivity contribution in [2.24, 2.45) is 7.05 Å². The first kappa shape index (κ1) is 38.0. The number of H-pyrrole nitrogens is 2. The molecule has 2 saturated heterocycles. The van der Waals surface area contributed by atoms with Crippen molar-refractivity contribution in [3.05, 3.63) is 117 Å². The molecule has 0 bridgehead atoms. The summed E-state index contributed by atoms with van der Waals surface area (Å²) in [6.45, 7) is 9.58. The van der Waals surface area contributed by atoms with E-state index in [4.69, 9.17) is 19.4 Å². The van der Waals surface area contributed by atoms with Crippen LogP contribution in [0.25, 0.3) is 0 Å². The lowest BCUT2D eigenvalue weighted by atomic mass is 10.1. The molecule has 6 atom stereocenters. The van der Waals surface area contributed by atoms with Gasteiger partial charge in [0.15, 0.2) is 17.9 Å². The van der Waals surface area contributed by atoms with Crippen LogP contribution in [0.5, 0.6) is 0 Å². The van der Waals surface area contributed by atoms with Gasteiger partial charge in [-0.05, 0) is 26.0 Å². The Kier molecular flexibility index (Phi) is 10.5. The lowest BCUT2D eigenvalue weighted by molar-refractivity contribution is -0.780. The monoisotopic (exact) mass is 761 g/mol. The number of benzene rings is 1. The summed E-state index contributed by atoms with van der Waals surface area (Å²) in [7, 11) is 0.0444. The third-order valence-corrected chi connectivity index (χ3v) is 10.2. The van der Waals surface area contributed by atoms with Gasteiger partial charge in [0, 0.05) is 61.3 Å². The molecular formula is C35H41N8O10Si+. The van der Waals surface area contributed by atoms with Crippen molar-refractivity contribution in [3.63, 3.8) is 0 Å². The Morgan fingerprint density at radius 2 is 1.56 bits per heavy atom. The van der Waals surface area contributed by atoms with Gasteiger partial charge in [-0.2, -0.15) is 0 Å². The van der Waals surface area contributed by atoms with Gasteiger partial charge >= 0.3 is 17.3 Å². The van der Waals surface area contributed by atoms with Gasteiger partial charge in [-0.15, -0.1) is 20.8 Å². The first-order chi connectivity index (χ1) is 25.5. The molecule has 2 N–H and O–H groups in total. The number of esters is 1. The Labute approximate surface area is 308 Å². The summed E-state index contributed by atoms with van der Waals surface area (Å²) in [5.41, 5.74) is 2.31. The van der Waals surface area contributed by atoms with Gasteiger partial charge in [0.25, 0.3) is 16.8 Å². The topological polar surface area (TPSA) is 219 Å². The summed E-state index contributed by atoms with van der Waals surface area (Å²) < 4.78 is 24.7. The number of rotatable bonds is 9. The maximum absolute atomic E-state index is 13.3. The fourth-order valence-electron chi connectivity index (χ4n) is 6.50. The predicted molar refractivity (Wildman–Crippen MR) is 193 cm³/mol. The van der Waals surface area contributed by atoms with Crippen LogP contribution in [0.3, 0.4) is 0 Å². The number of nitro groups is 1. The van der Waals surface area contributed by atoms with Crippen molar-refractivity contribution in [3.8, 4) is 11.5 Å². The van der Waals surface area contributed by atoms with Crippen LogP contribution in [0.4, 0.5) is 5.69 Å². The molecule has 54 heavy (non-hydrogen) atoms. The molecule has 2 fully saturated rings. The number of nitro benzene ring substituents is 1. The minimum atomic E-state index is -1.70. The predicted octanol–water partition coefficient (Wildman–Crippen LogP) is 1.49. The van der Waals surface area contributed by atoms with E-state index in [-0.39, 0.29) is 35.7 Å². The van der Waals surface area contributed by atoms with Crippen LogP contribution in [0.1, 0.15) is 64.9 Å². The lowest BCUT2D eigenvalue weighted by Crippen LogP contribution is -2.45. The quantitative estimate of drug-likeness (QED) is 0.0622. The number of aromatic amines is 2. The molecule has 2 aliphatic rings. The SMILES string of the molecule is Cc1cn([C@H]2C[C@H](OC(=O)c3ccc([N+](=O)[O-])cc3)[C@@H](Cc3c[n+]([C@H]4C[C@H](n5cc(C)c(=O)[nH]c5=O)O[C@@H]4CC#C[Si](C)(C)C)nn3C)O2)c(=O)[nH]c1=O. The van der Waals surface area contributed by atoms with Crippen LogP contribution in [-0.2, 0) is 27.7 Å². The van der Waals surface area contributed by atoms with Crippen LogP contribution in [0.2, 0.25) is 19.6 Å². The Hall–Kier alpha value is -5.71. The Balaban J connectivity index is 1.29. The molecule has 4 aromatic rings. The van der Waals surface area contributed by atoms with E-state index < -0.39 is 72.2 Å². The smallest absolute Gasteiger partial charge is 0.338 e. The van der Waals surface area contributed by atoms with Gasteiger partial charge in [-0.25, -0.2) is 14.4 Å². The van der Waals surface area contributed by atoms with Crippen molar-refractivity contribution >= 4 is 19.7 Å². The third-order valence-electron chi connectivity index (χ3n) is 9.32. The molecular weight excluding hydrogens is 721 g/mol. The zero-order chi connectivity index (χ0) is 39.1. The fraction of sp³-hybridized carbons (Fsp3) is 0.457. The number of ether oxygens (including phenoxy) is 3. The van der Waals surface area contributed by atoms with Crippen molar-refractivity contribution in [2.45, 2.75) is 96.0 Å². The lowest BCUT2D eigenvalue weighted by Gasteiger charge is -2.18. The number of non-ortho nitro benzene ring substituents is 1. The molecule has 0 spiro atoms. The summed E-state index contributed by atoms with van der Waals surface area (Å²) in [6.07, 6.45) is 1.94. The van der Waals surface area contributed by atoms with Crippen molar-refractivity contribution in [1.29, 1.82) is 0 Å². The zero-order valence-corrected chi connectivity index (χ0v) is 31.6. The first-order valence-corrected chi connectivity index (χ1v) is 20.8. The molecule has 2 aliphatic heterocycles. The Morgan fingerprint density at radius 3 is 2.13 bits per heavy atom. The van der Waals surface area contributed by atoms with E-state index in [1.807, 2.05) is 6.20 Å². The van der Waals surface area contributed by atoms with Crippen LogP contribution < -0.4 is 27.2 Å². The average molecular weight is 762 g/mol. The minimum Gasteiger partial charge on any atom is -0.456 e. The largest absolute Gasteiger partial charge is 0.456 e. The second kappa shape index (κ2) is 15.0. The molecule has 19 heteroatoms. The highest BCUT2D eigenvalue weighted by Crippen LogP contribution is 2.35. The fourth-order valence-corrected chi connectivity index (χ4v) is 7.13. The van der Waals surface area contributed by atoms with E-state index in [0.29, 0.717) is 24.1 Å².